The van der Waals surface area contributed by atoms with E-state index in [1.54, 1.807) is 12.1 Å². The second-order valence-electron chi connectivity index (χ2n) is 5.49. The summed E-state index contributed by atoms with van der Waals surface area (Å²) in [6.45, 7) is 3.45. The van der Waals surface area contributed by atoms with Crippen molar-refractivity contribution in [1.82, 2.24) is 15.5 Å². The molecular weight excluding hydrogens is 269 g/mol. The van der Waals surface area contributed by atoms with E-state index in [2.05, 4.69) is 15.5 Å². The van der Waals surface area contributed by atoms with E-state index in [1.165, 1.54) is 18.6 Å². The van der Waals surface area contributed by atoms with Crippen molar-refractivity contribution in [2.75, 3.05) is 19.8 Å². The topological polar surface area (TPSA) is 49.9 Å². The van der Waals surface area contributed by atoms with Gasteiger partial charge in [-0.25, -0.2) is 4.39 Å². The molecule has 0 bridgehead atoms. The van der Waals surface area contributed by atoms with Gasteiger partial charge in [-0.3, -0.25) is 5.10 Å². The summed E-state index contributed by atoms with van der Waals surface area (Å²) < 4.78 is 18.5. The second kappa shape index (κ2) is 6.83. The Morgan fingerprint density at radius 1 is 1.33 bits per heavy atom. The molecule has 2 heterocycles. The Morgan fingerprint density at radius 2 is 2.19 bits per heavy atom. The standard InChI is InChI=1S/C16H20FN3O/c17-15-5-3-13(4-6-15)16-14(10-19-20-16)9-18-8-12-2-1-7-21-11-12/h3-6,10,12,18H,1-2,7-9,11H2,(H,19,20)/t12-/m0/s1. The summed E-state index contributed by atoms with van der Waals surface area (Å²) in [5.74, 6) is 0.371. The Bertz CT molecular complexity index is 561. The zero-order valence-corrected chi connectivity index (χ0v) is 11.9. The van der Waals surface area contributed by atoms with Gasteiger partial charge >= 0.3 is 0 Å². The van der Waals surface area contributed by atoms with Crippen LogP contribution in [-0.4, -0.2) is 30.0 Å². The predicted octanol–water partition coefficient (Wildman–Crippen LogP) is 2.73. The fourth-order valence-corrected chi connectivity index (χ4v) is 2.69. The first-order chi connectivity index (χ1) is 10.3. The Kier molecular flexibility index (Phi) is 4.62. The lowest BCUT2D eigenvalue weighted by Gasteiger charge is -2.22. The lowest BCUT2D eigenvalue weighted by molar-refractivity contribution is 0.0547. The number of hydrogen-bond acceptors (Lipinski definition) is 3. The molecule has 0 amide bonds. The maximum absolute atomic E-state index is 13.0. The third-order valence-electron chi connectivity index (χ3n) is 3.85. The second-order valence-corrected chi connectivity index (χ2v) is 5.49. The summed E-state index contributed by atoms with van der Waals surface area (Å²) in [4.78, 5) is 0. The number of aromatic nitrogens is 2. The minimum absolute atomic E-state index is 0.227. The molecule has 1 aliphatic heterocycles. The third-order valence-corrected chi connectivity index (χ3v) is 3.85. The van der Waals surface area contributed by atoms with Crippen molar-refractivity contribution < 1.29 is 9.13 Å². The minimum atomic E-state index is -0.227. The fourth-order valence-electron chi connectivity index (χ4n) is 2.69. The molecule has 1 aliphatic rings. The van der Waals surface area contributed by atoms with Gasteiger partial charge in [0.2, 0.25) is 0 Å². The van der Waals surface area contributed by atoms with Crippen molar-refractivity contribution in [2.24, 2.45) is 5.92 Å². The third kappa shape index (κ3) is 3.68. The highest BCUT2D eigenvalue weighted by molar-refractivity contribution is 5.62. The van der Waals surface area contributed by atoms with Crippen molar-refractivity contribution in [3.8, 4) is 11.3 Å². The first-order valence-electron chi connectivity index (χ1n) is 7.39. The number of ether oxygens (including phenoxy) is 1. The van der Waals surface area contributed by atoms with Gasteiger partial charge in [0.05, 0.1) is 18.5 Å². The van der Waals surface area contributed by atoms with Crippen LogP contribution in [-0.2, 0) is 11.3 Å². The largest absolute Gasteiger partial charge is 0.381 e. The van der Waals surface area contributed by atoms with Gasteiger partial charge in [-0.05, 0) is 43.0 Å². The predicted molar refractivity (Wildman–Crippen MR) is 79.2 cm³/mol. The summed E-state index contributed by atoms with van der Waals surface area (Å²) in [5, 5.41) is 10.6. The fraction of sp³-hybridized carbons (Fsp3) is 0.438. The maximum atomic E-state index is 13.0. The van der Waals surface area contributed by atoms with Crippen molar-refractivity contribution in [2.45, 2.75) is 19.4 Å². The van der Waals surface area contributed by atoms with E-state index in [4.69, 9.17) is 4.74 Å². The number of halogens is 1. The molecule has 0 unspecified atom stereocenters. The van der Waals surface area contributed by atoms with E-state index in [0.29, 0.717) is 5.92 Å². The van der Waals surface area contributed by atoms with Gasteiger partial charge in [-0.2, -0.15) is 5.10 Å². The molecule has 1 atom stereocenters. The number of nitrogens with one attached hydrogen (secondary N) is 2. The Balaban J connectivity index is 1.59. The van der Waals surface area contributed by atoms with Gasteiger partial charge in [0.25, 0.3) is 0 Å². The molecule has 112 valence electrons. The van der Waals surface area contributed by atoms with Gasteiger partial charge in [0, 0.05) is 30.8 Å². The first kappa shape index (κ1) is 14.2. The van der Waals surface area contributed by atoms with E-state index in [0.717, 1.165) is 49.5 Å². The monoisotopic (exact) mass is 289 g/mol. The average Bonchev–Trinajstić information content (AvgIpc) is 2.98. The summed E-state index contributed by atoms with van der Waals surface area (Å²) in [6, 6.07) is 6.46. The van der Waals surface area contributed by atoms with Crippen LogP contribution in [0.5, 0.6) is 0 Å². The van der Waals surface area contributed by atoms with Crippen LogP contribution in [0.25, 0.3) is 11.3 Å². The van der Waals surface area contributed by atoms with Gasteiger partial charge in [-0.1, -0.05) is 0 Å². The van der Waals surface area contributed by atoms with E-state index in [9.17, 15) is 4.39 Å². The number of nitrogens with zero attached hydrogens (tertiary/aromatic N) is 1. The molecule has 0 spiro atoms. The molecule has 1 aromatic heterocycles. The molecule has 1 fully saturated rings. The molecule has 21 heavy (non-hydrogen) atoms. The molecular formula is C16H20FN3O. The van der Waals surface area contributed by atoms with Crippen LogP contribution in [0.1, 0.15) is 18.4 Å². The molecule has 0 radical (unpaired) electrons. The van der Waals surface area contributed by atoms with Crippen molar-refractivity contribution in [3.05, 3.63) is 41.8 Å². The van der Waals surface area contributed by atoms with E-state index < -0.39 is 0 Å². The number of hydrogen-bond donors (Lipinski definition) is 2. The molecule has 1 aromatic carbocycles. The van der Waals surface area contributed by atoms with E-state index >= 15 is 0 Å². The van der Waals surface area contributed by atoms with Crippen LogP contribution in [0.2, 0.25) is 0 Å². The SMILES string of the molecule is Fc1ccc(-c2[nH]ncc2CNC[C@@H]2CCCOC2)cc1. The van der Waals surface area contributed by atoms with E-state index in [1.807, 2.05) is 6.20 Å². The number of benzene rings is 1. The first-order valence-corrected chi connectivity index (χ1v) is 7.39. The molecule has 5 heteroatoms. The van der Waals surface area contributed by atoms with Crippen LogP contribution in [0.3, 0.4) is 0 Å². The van der Waals surface area contributed by atoms with Crippen LogP contribution in [0.15, 0.2) is 30.5 Å². The van der Waals surface area contributed by atoms with Gasteiger partial charge in [0.15, 0.2) is 0 Å². The van der Waals surface area contributed by atoms with Crippen LogP contribution < -0.4 is 5.32 Å². The summed E-state index contributed by atoms with van der Waals surface area (Å²) in [7, 11) is 0. The molecule has 3 rings (SSSR count). The molecule has 2 aromatic rings. The van der Waals surface area contributed by atoms with Crippen molar-refractivity contribution in [3.63, 3.8) is 0 Å². The van der Waals surface area contributed by atoms with Gasteiger partial charge in [-0.15, -0.1) is 0 Å². The number of H-pyrrole nitrogens is 1. The van der Waals surface area contributed by atoms with Crippen LogP contribution in [0.4, 0.5) is 4.39 Å². The number of rotatable bonds is 5. The summed E-state index contributed by atoms with van der Waals surface area (Å²) >= 11 is 0. The smallest absolute Gasteiger partial charge is 0.123 e. The number of aromatic amines is 1. The normalized spacial score (nSPS) is 18.8. The Hall–Kier alpha value is -1.72. The van der Waals surface area contributed by atoms with Crippen LogP contribution >= 0.6 is 0 Å². The highest BCUT2D eigenvalue weighted by Crippen LogP contribution is 2.21. The average molecular weight is 289 g/mol. The molecule has 0 aliphatic carbocycles. The lowest BCUT2D eigenvalue weighted by atomic mass is 10.0. The molecule has 0 saturated carbocycles. The van der Waals surface area contributed by atoms with Crippen LogP contribution in [0, 0.1) is 11.7 Å². The Labute approximate surface area is 123 Å². The molecule has 2 N–H and O–H groups in total. The highest BCUT2D eigenvalue weighted by atomic mass is 19.1. The van der Waals surface area contributed by atoms with Crippen molar-refractivity contribution >= 4 is 0 Å². The molecule has 1 saturated heterocycles. The summed E-state index contributed by atoms with van der Waals surface area (Å²) in [5.41, 5.74) is 2.99. The van der Waals surface area contributed by atoms with E-state index in [-0.39, 0.29) is 5.82 Å². The Morgan fingerprint density at radius 3 is 2.95 bits per heavy atom. The quantitative estimate of drug-likeness (QED) is 0.890. The van der Waals surface area contributed by atoms with Gasteiger partial charge in [0.1, 0.15) is 5.82 Å². The maximum Gasteiger partial charge on any atom is 0.123 e. The zero-order valence-electron chi connectivity index (χ0n) is 11.9. The lowest BCUT2D eigenvalue weighted by Crippen LogP contribution is -2.28. The minimum Gasteiger partial charge on any atom is -0.381 e. The van der Waals surface area contributed by atoms with Crippen molar-refractivity contribution in [1.29, 1.82) is 0 Å². The zero-order chi connectivity index (χ0) is 14.5. The molecule has 4 nitrogen and oxygen atoms in total. The highest BCUT2D eigenvalue weighted by Gasteiger charge is 2.14. The summed E-state index contributed by atoms with van der Waals surface area (Å²) in [6.07, 6.45) is 4.20. The van der Waals surface area contributed by atoms with Gasteiger partial charge < -0.3 is 10.1 Å².